The Hall–Kier alpha value is -2.41. The first-order valence-corrected chi connectivity index (χ1v) is 10.4. The van der Waals surface area contributed by atoms with Gasteiger partial charge in [-0.2, -0.15) is 0 Å². The fraction of sp³-hybridized carbons (Fsp3) is 0.0526. The zero-order valence-electron chi connectivity index (χ0n) is 14.1. The third-order valence-corrected chi connectivity index (χ3v) is 5.80. The van der Waals surface area contributed by atoms with Gasteiger partial charge in [-0.25, -0.2) is 8.42 Å². The fourth-order valence-corrected chi connectivity index (χ4v) is 4.01. The number of sulfone groups is 1. The van der Waals surface area contributed by atoms with Gasteiger partial charge in [0.1, 0.15) is 0 Å². The molecule has 1 heterocycles. The van der Waals surface area contributed by atoms with Crippen molar-refractivity contribution in [1.82, 2.24) is 4.98 Å². The predicted octanol–water partition coefficient (Wildman–Crippen LogP) is 4.22. The molecule has 3 rings (SSSR count). The van der Waals surface area contributed by atoms with Crippen LogP contribution in [0.15, 0.2) is 59.6 Å². The topological polar surface area (TPSA) is 90.1 Å². The number of aromatic nitrogens is 1. The van der Waals surface area contributed by atoms with Crippen molar-refractivity contribution in [3.8, 4) is 22.4 Å². The number of carbonyl (C=O) groups is 1. The summed E-state index contributed by atoms with van der Waals surface area (Å²) in [6.07, 6.45) is 2.69. The number of amides is 1. The first-order chi connectivity index (χ1) is 12.7. The molecule has 3 aromatic rings. The quantitative estimate of drug-likeness (QED) is 0.683. The summed E-state index contributed by atoms with van der Waals surface area (Å²) in [4.78, 5) is 16.2. The smallest absolute Gasteiger partial charge is 0.249 e. The van der Waals surface area contributed by atoms with Crippen LogP contribution in [0.1, 0.15) is 10.4 Å². The number of rotatable bonds is 4. The standard InChI is InChI=1S/C19H14Cl2N2O3S/c1-27(25,26)11-5-6-13(19(22)24)14(10-11)12-7-8-15(20)17(18(12)21)16-4-2-3-9-23-16/h2-10H,1H3,(H2,22,24). The van der Waals surface area contributed by atoms with Crippen molar-refractivity contribution in [2.45, 2.75) is 4.90 Å². The normalized spacial score (nSPS) is 11.4. The van der Waals surface area contributed by atoms with Crippen LogP contribution in [0, 0.1) is 0 Å². The van der Waals surface area contributed by atoms with Gasteiger partial charge >= 0.3 is 0 Å². The molecule has 0 atom stereocenters. The molecule has 0 saturated heterocycles. The van der Waals surface area contributed by atoms with E-state index < -0.39 is 15.7 Å². The Kier molecular flexibility index (Phi) is 5.24. The highest BCUT2D eigenvalue weighted by molar-refractivity contribution is 7.90. The van der Waals surface area contributed by atoms with Crippen molar-refractivity contribution in [1.29, 1.82) is 0 Å². The molecule has 0 radical (unpaired) electrons. The van der Waals surface area contributed by atoms with Crippen LogP contribution in [-0.2, 0) is 9.84 Å². The van der Waals surface area contributed by atoms with Crippen molar-refractivity contribution < 1.29 is 13.2 Å². The van der Waals surface area contributed by atoms with E-state index in [9.17, 15) is 13.2 Å². The first kappa shape index (κ1) is 19.4. The van der Waals surface area contributed by atoms with Gasteiger partial charge in [-0.1, -0.05) is 35.3 Å². The maximum absolute atomic E-state index is 11.9. The summed E-state index contributed by atoms with van der Waals surface area (Å²) in [7, 11) is -3.49. The lowest BCUT2D eigenvalue weighted by atomic mass is 9.96. The molecule has 0 spiro atoms. The minimum absolute atomic E-state index is 0.0490. The van der Waals surface area contributed by atoms with Crippen LogP contribution in [-0.4, -0.2) is 25.6 Å². The summed E-state index contributed by atoms with van der Waals surface area (Å²) in [5.41, 5.74) is 7.40. The number of benzene rings is 2. The minimum atomic E-state index is -3.49. The lowest BCUT2D eigenvalue weighted by molar-refractivity contribution is 0.100. The predicted molar refractivity (Wildman–Crippen MR) is 107 cm³/mol. The molecule has 0 unspecified atom stereocenters. The molecular formula is C19H14Cl2N2O3S. The van der Waals surface area contributed by atoms with Crippen LogP contribution >= 0.6 is 23.2 Å². The van der Waals surface area contributed by atoms with E-state index in [0.717, 1.165) is 6.26 Å². The molecular weight excluding hydrogens is 407 g/mol. The third-order valence-electron chi connectivity index (χ3n) is 3.99. The minimum Gasteiger partial charge on any atom is -0.366 e. The number of pyridine rings is 1. The molecule has 5 nitrogen and oxygen atoms in total. The van der Waals surface area contributed by atoms with Gasteiger partial charge in [0, 0.05) is 29.1 Å². The lowest BCUT2D eigenvalue weighted by Gasteiger charge is -2.14. The van der Waals surface area contributed by atoms with Crippen LogP contribution in [0.3, 0.4) is 0 Å². The molecule has 27 heavy (non-hydrogen) atoms. The molecule has 0 fully saturated rings. The maximum Gasteiger partial charge on any atom is 0.249 e. The number of nitrogens with zero attached hydrogens (tertiary/aromatic N) is 1. The van der Waals surface area contributed by atoms with E-state index in [-0.39, 0.29) is 15.5 Å². The Labute approximate surface area is 166 Å². The molecule has 138 valence electrons. The third kappa shape index (κ3) is 3.83. The van der Waals surface area contributed by atoms with Gasteiger partial charge in [-0.3, -0.25) is 9.78 Å². The molecule has 0 saturated carbocycles. The van der Waals surface area contributed by atoms with E-state index in [1.807, 2.05) is 0 Å². The Morgan fingerprint density at radius 3 is 2.37 bits per heavy atom. The second-order valence-corrected chi connectivity index (χ2v) is 8.64. The average molecular weight is 421 g/mol. The largest absolute Gasteiger partial charge is 0.366 e. The van der Waals surface area contributed by atoms with Crippen LogP contribution in [0.4, 0.5) is 0 Å². The number of nitrogens with two attached hydrogens (primary N) is 1. The van der Waals surface area contributed by atoms with E-state index in [2.05, 4.69) is 4.98 Å². The van der Waals surface area contributed by atoms with Crippen LogP contribution < -0.4 is 5.73 Å². The molecule has 0 aliphatic rings. The van der Waals surface area contributed by atoms with Crippen LogP contribution in [0.25, 0.3) is 22.4 Å². The Morgan fingerprint density at radius 2 is 1.78 bits per heavy atom. The SMILES string of the molecule is CS(=O)(=O)c1ccc(C(N)=O)c(-c2ccc(Cl)c(-c3ccccn3)c2Cl)c1. The van der Waals surface area contributed by atoms with Crippen molar-refractivity contribution in [3.05, 3.63) is 70.3 Å². The van der Waals surface area contributed by atoms with E-state index >= 15 is 0 Å². The number of carbonyl (C=O) groups excluding carboxylic acids is 1. The zero-order chi connectivity index (χ0) is 19.8. The summed E-state index contributed by atoms with van der Waals surface area (Å²) >= 11 is 12.9. The number of halogens is 2. The van der Waals surface area contributed by atoms with Gasteiger partial charge in [-0.05, 0) is 42.0 Å². The highest BCUT2D eigenvalue weighted by atomic mass is 35.5. The number of hydrogen-bond donors (Lipinski definition) is 1. The maximum atomic E-state index is 11.9. The van der Waals surface area contributed by atoms with Crippen LogP contribution in [0.2, 0.25) is 10.0 Å². The molecule has 8 heteroatoms. The Balaban J connectivity index is 2.33. The van der Waals surface area contributed by atoms with E-state index in [1.165, 1.54) is 18.2 Å². The van der Waals surface area contributed by atoms with Gasteiger partial charge in [0.05, 0.1) is 20.6 Å². The lowest BCUT2D eigenvalue weighted by Crippen LogP contribution is -2.13. The zero-order valence-corrected chi connectivity index (χ0v) is 16.4. The fourth-order valence-electron chi connectivity index (χ4n) is 2.70. The van der Waals surface area contributed by atoms with Gasteiger partial charge in [0.2, 0.25) is 5.91 Å². The summed E-state index contributed by atoms with van der Waals surface area (Å²) in [5, 5.41) is 0.622. The number of hydrogen-bond acceptors (Lipinski definition) is 4. The van der Waals surface area contributed by atoms with Crippen LogP contribution in [0.5, 0.6) is 0 Å². The average Bonchev–Trinajstić information content (AvgIpc) is 2.61. The molecule has 2 aromatic carbocycles. The molecule has 2 N–H and O–H groups in total. The second kappa shape index (κ2) is 7.31. The summed E-state index contributed by atoms with van der Waals surface area (Å²) in [5.74, 6) is -0.699. The molecule has 1 amide bonds. The second-order valence-electron chi connectivity index (χ2n) is 5.84. The number of primary amides is 1. The highest BCUT2D eigenvalue weighted by Gasteiger charge is 2.20. The molecule has 0 aliphatic carbocycles. The highest BCUT2D eigenvalue weighted by Crippen LogP contribution is 2.41. The van der Waals surface area contributed by atoms with Crippen molar-refractivity contribution in [2.75, 3.05) is 6.26 Å². The first-order valence-electron chi connectivity index (χ1n) is 7.74. The Morgan fingerprint density at radius 1 is 1.04 bits per heavy atom. The van der Waals surface area contributed by atoms with Crippen molar-refractivity contribution >= 4 is 38.9 Å². The Bertz CT molecular complexity index is 1150. The van der Waals surface area contributed by atoms with Crippen molar-refractivity contribution in [2.24, 2.45) is 5.73 Å². The van der Waals surface area contributed by atoms with Gasteiger partial charge < -0.3 is 5.73 Å². The van der Waals surface area contributed by atoms with Gasteiger partial charge in [0.15, 0.2) is 9.84 Å². The monoisotopic (exact) mass is 420 g/mol. The van der Waals surface area contributed by atoms with Gasteiger partial charge in [-0.15, -0.1) is 0 Å². The van der Waals surface area contributed by atoms with Gasteiger partial charge in [0.25, 0.3) is 0 Å². The summed E-state index contributed by atoms with van der Waals surface area (Å²) in [6, 6.07) is 12.6. The van der Waals surface area contributed by atoms with E-state index in [4.69, 9.17) is 28.9 Å². The summed E-state index contributed by atoms with van der Waals surface area (Å²) < 4.78 is 23.9. The molecule has 0 aliphatic heterocycles. The summed E-state index contributed by atoms with van der Waals surface area (Å²) in [6.45, 7) is 0. The van der Waals surface area contributed by atoms with Crippen molar-refractivity contribution in [3.63, 3.8) is 0 Å². The molecule has 1 aromatic heterocycles. The van der Waals surface area contributed by atoms with E-state index in [0.29, 0.717) is 27.4 Å². The van der Waals surface area contributed by atoms with E-state index in [1.54, 1.807) is 36.5 Å². The molecule has 0 bridgehead atoms.